The third kappa shape index (κ3) is 4.19. The molecule has 4 aliphatic rings. The highest BCUT2D eigenvalue weighted by Gasteiger charge is 2.43. The fourth-order valence-electron chi connectivity index (χ4n) is 4.67. The van der Waals surface area contributed by atoms with Crippen molar-refractivity contribution in [3.8, 4) is 5.75 Å². The molecule has 0 bridgehead atoms. The summed E-state index contributed by atoms with van der Waals surface area (Å²) in [4.78, 5) is 18.9. The van der Waals surface area contributed by atoms with Crippen LogP contribution in [0.1, 0.15) is 50.3 Å². The van der Waals surface area contributed by atoms with E-state index in [1.807, 2.05) is 18.0 Å². The molecular formula is C23H31N3O3S. The van der Waals surface area contributed by atoms with E-state index >= 15 is 0 Å². The second-order valence-electron chi connectivity index (χ2n) is 9.23. The maximum absolute atomic E-state index is 12.3. The minimum atomic E-state index is -0.198. The molecule has 4 heterocycles. The van der Waals surface area contributed by atoms with Crippen LogP contribution in [0.15, 0.2) is 18.3 Å². The van der Waals surface area contributed by atoms with Crippen molar-refractivity contribution in [2.75, 3.05) is 32.4 Å². The minimum absolute atomic E-state index is 0.140. The van der Waals surface area contributed by atoms with E-state index in [4.69, 9.17) is 14.5 Å². The van der Waals surface area contributed by atoms with Crippen LogP contribution in [0.3, 0.4) is 0 Å². The smallest absolute Gasteiger partial charge is 0.410 e. The van der Waals surface area contributed by atoms with E-state index in [-0.39, 0.29) is 17.8 Å². The molecule has 1 atom stereocenters. The van der Waals surface area contributed by atoms with Crippen molar-refractivity contribution in [3.05, 3.63) is 29.6 Å². The van der Waals surface area contributed by atoms with Gasteiger partial charge in [-0.3, -0.25) is 4.98 Å². The van der Waals surface area contributed by atoms with E-state index in [1.54, 1.807) is 11.9 Å². The van der Waals surface area contributed by atoms with Gasteiger partial charge in [-0.2, -0.15) is 0 Å². The molecular weight excluding hydrogens is 398 g/mol. The van der Waals surface area contributed by atoms with Crippen molar-refractivity contribution in [2.24, 2.45) is 5.92 Å². The third-order valence-electron chi connectivity index (χ3n) is 7.02. The van der Waals surface area contributed by atoms with E-state index in [2.05, 4.69) is 22.7 Å². The maximum Gasteiger partial charge on any atom is 0.410 e. The number of pyridine rings is 1. The first kappa shape index (κ1) is 20.2. The fourth-order valence-corrected chi connectivity index (χ4v) is 5.16. The highest BCUT2D eigenvalue weighted by Crippen LogP contribution is 2.40. The van der Waals surface area contributed by atoms with E-state index in [0.717, 1.165) is 76.1 Å². The molecule has 1 aromatic heterocycles. The van der Waals surface area contributed by atoms with Crippen molar-refractivity contribution in [3.63, 3.8) is 0 Å². The number of likely N-dealkylation sites (tertiary alicyclic amines) is 1. The number of ether oxygens (including phenoxy) is 2. The van der Waals surface area contributed by atoms with Gasteiger partial charge in [-0.1, -0.05) is 18.0 Å². The van der Waals surface area contributed by atoms with Gasteiger partial charge in [0.25, 0.3) is 0 Å². The molecule has 2 fully saturated rings. The summed E-state index contributed by atoms with van der Waals surface area (Å²) in [5.41, 5.74) is 3.53. The lowest BCUT2D eigenvalue weighted by Crippen LogP contribution is -2.43. The van der Waals surface area contributed by atoms with Gasteiger partial charge in [0, 0.05) is 38.2 Å². The summed E-state index contributed by atoms with van der Waals surface area (Å²) in [5.74, 6) is 1.42. The summed E-state index contributed by atoms with van der Waals surface area (Å²) in [6.45, 7) is 5.60. The molecule has 1 aliphatic carbocycles. The van der Waals surface area contributed by atoms with Crippen LogP contribution in [0.4, 0.5) is 4.79 Å². The highest BCUT2D eigenvalue weighted by atomic mass is 32.2. The molecule has 6 nitrogen and oxygen atoms in total. The van der Waals surface area contributed by atoms with Crippen LogP contribution < -0.4 is 4.74 Å². The van der Waals surface area contributed by atoms with Crippen molar-refractivity contribution >= 4 is 23.6 Å². The van der Waals surface area contributed by atoms with Crippen LogP contribution >= 0.6 is 11.9 Å². The van der Waals surface area contributed by atoms with Crippen molar-refractivity contribution < 1.29 is 14.3 Å². The molecule has 1 amide bonds. The molecule has 0 N–H and O–H groups in total. The number of aromatic nitrogens is 1. The summed E-state index contributed by atoms with van der Waals surface area (Å²) in [5, 5.41) is 0. The van der Waals surface area contributed by atoms with Crippen LogP contribution in [-0.4, -0.2) is 64.4 Å². The second kappa shape index (κ2) is 8.08. The molecule has 1 saturated carbocycles. The van der Waals surface area contributed by atoms with Gasteiger partial charge in [0.2, 0.25) is 0 Å². The number of amides is 1. The van der Waals surface area contributed by atoms with E-state index in [1.165, 1.54) is 11.1 Å². The van der Waals surface area contributed by atoms with Crippen molar-refractivity contribution in [1.29, 1.82) is 0 Å². The van der Waals surface area contributed by atoms with Crippen LogP contribution in [-0.2, 0) is 11.2 Å². The first-order valence-electron chi connectivity index (χ1n) is 11.1. The molecule has 7 heteroatoms. The number of hydrogen-bond donors (Lipinski definition) is 0. The van der Waals surface area contributed by atoms with Crippen LogP contribution in [0.5, 0.6) is 5.75 Å². The van der Waals surface area contributed by atoms with Gasteiger partial charge in [0.1, 0.15) is 17.5 Å². The van der Waals surface area contributed by atoms with Gasteiger partial charge in [-0.25, -0.2) is 9.10 Å². The Morgan fingerprint density at radius 3 is 2.77 bits per heavy atom. The zero-order valence-corrected chi connectivity index (χ0v) is 18.7. The number of carbonyl (C=O) groups excluding carboxylic acids is 1. The summed E-state index contributed by atoms with van der Waals surface area (Å²) in [7, 11) is 0. The lowest BCUT2D eigenvalue weighted by atomic mass is 9.89. The molecule has 1 aromatic rings. The van der Waals surface area contributed by atoms with Crippen molar-refractivity contribution in [1.82, 2.24) is 14.2 Å². The number of hydrogen-bond acceptors (Lipinski definition) is 6. The molecule has 0 radical (unpaired) electrons. The number of rotatable bonds is 4. The van der Waals surface area contributed by atoms with E-state index in [9.17, 15) is 4.79 Å². The lowest BCUT2D eigenvalue weighted by Gasteiger charge is -2.34. The topological polar surface area (TPSA) is 54.9 Å². The van der Waals surface area contributed by atoms with Crippen molar-refractivity contribution in [2.45, 2.75) is 57.2 Å². The Hall–Kier alpha value is -1.73. The van der Waals surface area contributed by atoms with Crippen LogP contribution in [0.2, 0.25) is 0 Å². The summed E-state index contributed by atoms with van der Waals surface area (Å²) < 4.78 is 14.3. The Bertz CT molecular complexity index is 846. The van der Waals surface area contributed by atoms with Gasteiger partial charge >= 0.3 is 6.09 Å². The molecule has 1 unspecified atom stereocenters. The fraction of sp³-hybridized carbons (Fsp3) is 0.652. The van der Waals surface area contributed by atoms with Gasteiger partial charge in [-0.05, 0) is 62.8 Å². The van der Waals surface area contributed by atoms with E-state index < -0.39 is 0 Å². The maximum atomic E-state index is 12.3. The molecule has 3 aliphatic heterocycles. The van der Waals surface area contributed by atoms with Crippen LogP contribution in [0.25, 0.3) is 5.57 Å². The first-order chi connectivity index (χ1) is 14.5. The normalized spacial score (nSPS) is 26.0. The first-order valence-corrected chi connectivity index (χ1v) is 12.3. The minimum Gasteiger partial charge on any atom is -0.488 e. The predicted molar refractivity (Wildman–Crippen MR) is 118 cm³/mol. The standard InChI is InChI=1S/C23H31N3O3S/c1-23(7-8-23)29-22(27)25-9-3-17(4-10-25)20-14-18-13-19(24-15-21(18)28-20)16-5-11-26(30-2)12-6-16/h5,13,15,17,20H,3-4,6-12,14H2,1-2H3. The molecule has 0 spiro atoms. The molecule has 30 heavy (non-hydrogen) atoms. The average molecular weight is 430 g/mol. The lowest BCUT2D eigenvalue weighted by molar-refractivity contribution is 0.0379. The Morgan fingerprint density at radius 1 is 1.30 bits per heavy atom. The Morgan fingerprint density at radius 2 is 2.10 bits per heavy atom. The average Bonchev–Trinajstić information content (AvgIpc) is 3.34. The third-order valence-corrected chi connectivity index (χ3v) is 7.87. The number of fused-ring (bicyclic) bond motifs is 1. The summed E-state index contributed by atoms with van der Waals surface area (Å²) in [6.07, 6.45) is 12.3. The number of carbonyl (C=O) groups is 1. The monoisotopic (exact) mass is 429 g/mol. The number of nitrogens with zero attached hydrogens (tertiary/aromatic N) is 3. The highest BCUT2D eigenvalue weighted by molar-refractivity contribution is 7.96. The molecule has 162 valence electrons. The Balaban J connectivity index is 1.17. The summed E-state index contributed by atoms with van der Waals surface area (Å²) >= 11 is 1.80. The van der Waals surface area contributed by atoms with Gasteiger partial charge in [-0.15, -0.1) is 0 Å². The largest absolute Gasteiger partial charge is 0.488 e. The van der Waals surface area contributed by atoms with Gasteiger partial charge < -0.3 is 14.4 Å². The quantitative estimate of drug-likeness (QED) is 0.670. The van der Waals surface area contributed by atoms with E-state index in [0.29, 0.717) is 5.92 Å². The number of piperidine rings is 1. The summed E-state index contributed by atoms with van der Waals surface area (Å²) in [6, 6.07) is 2.23. The molecule has 5 rings (SSSR count). The zero-order chi connectivity index (χ0) is 20.7. The van der Waals surface area contributed by atoms with Gasteiger partial charge in [0.05, 0.1) is 11.9 Å². The molecule has 0 aromatic carbocycles. The Labute approximate surface area is 183 Å². The second-order valence-corrected chi connectivity index (χ2v) is 10.1. The molecule has 1 saturated heterocycles. The zero-order valence-electron chi connectivity index (χ0n) is 17.9. The SMILES string of the molecule is CSN1CC=C(c2cc3c(cn2)OC(C2CCN(C(=O)OC4(C)CC4)CC2)C3)CC1. The predicted octanol–water partition coefficient (Wildman–Crippen LogP) is 4.15. The Kier molecular flexibility index (Phi) is 5.44. The van der Waals surface area contributed by atoms with Gasteiger partial charge in [0.15, 0.2) is 0 Å². The van der Waals surface area contributed by atoms with Crippen LogP contribution in [0, 0.1) is 5.92 Å².